The van der Waals surface area contributed by atoms with Gasteiger partial charge in [-0.3, -0.25) is 4.79 Å². The van der Waals surface area contributed by atoms with Crippen LogP contribution in [0, 0.1) is 0 Å². The van der Waals surface area contributed by atoms with Crippen LogP contribution in [0.3, 0.4) is 0 Å². The topological polar surface area (TPSA) is 59.0 Å². The molecule has 5 heteroatoms. The summed E-state index contributed by atoms with van der Waals surface area (Å²) in [7, 11) is 0. The van der Waals surface area contributed by atoms with E-state index in [4.69, 9.17) is 9.47 Å². The minimum atomic E-state index is -0.771. The Hall–Kier alpha value is -2.37. The zero-order chi connectivity index (χ0) is 18.4. The number of aliphatic hydroxyl groups excluding tert-OH is 1. The van der Waals surface area contributed by atoms with E-state index in [0.717, 1.165) is 5.56 Å². The van der Waals surface area contributed by atoms with Crippen LogP contribution in [-0.4, -0.2) is 54.4 Å². The van der Waals surface area contributed by atoms with Crippen molar-refractivity contribution in [1.82, 2.24) is 4.90 Å². The number of amides is 1. The molecule has 0 saturated carbocycles. The number of ether oxygens (including phenoxy) is 2. The molecule has 1 saturated heterocycles. The van der Waals surface area contributed by atoms with Gasteiger partial charge in [-0.2, -0.15) is 0 Å². The van der Waals surface area contributed by atoms with Gasteiger partial charge >= 0.3 is 0 Å². The van der Waals surface area contributed by atoms with Gasteiger partial charge in [-0.25, -0.2) is 0 Å². The fourth-order valence-corrected chi connectivity index (χ4v) is 3.31. The number of carbonyl (C=O) groups excluding carboxylic acids is 1. The molecule has 0 aromatic heterocycles. The molecule has 3 rings (SSSR count). The lowest BCUT2D eigenvalue weighted by atomic mass is 9.93. The highest BCUT2D eigenvalue weighted by Crippen LogP contribution is 2.25. The fourth-order valence-electron chi connectivity index (χ4n) is 3.31. The maximum atomic E-state index is 12.9. The summed E-state index contributed by atoms with van der Waals surface area (Å²) >= 11 is 0. The second kappa shape index (κ2) is 8.34. The van der Waals surface area contributed by atoms with E-state index in [9.17, 15) is 9.90 Å². The maximum absolute atomic E-state index is 12.9. The van der Waals surface area contributed by atoms with E-state index in [1.807, 2.05) is 49.4 Å². The van der Waals surface area contributed by atoms with E-state index >= 15 is 0 Å². The first-order valence-electron chi connectivity index (χ1n) is 8.97. The van der Waals surface area contributed by atoms with Crippen molar-refractivity contribution in [3.8, 4) is 5.75 Å². The maximum Gasteiger partial charge on any atom is 0.254 e. The van der Waals surface area contributed by atoms with Crippen molar-refractivity contribution in [3.05, 3.63) is 65.7 Å². The van der Waals surface area contributed by atoms with Gasteiger partial charge in [-0.05, 0) is 30.7 Å². The average molecular weight is 355 g/mol. The molecular formula is C21H25NO4. The second-order valence-electron chi connectivity index (χ2n) is 6.54. The van der Waals surface area contributed by atoms with Crippen LogP contribution in [0.25, 0.3) is 0 Å². The molecule has 1 amide bonds. The molecule has 1 atom stereocenters. The minimum absolute atomic E-state index is 0.0688. The zero-order valence-electron chi connectivity index (χ0n) is 15.1. The van der Waals surface area contributed by atoms with Crippen molar-refractivity contribution >= 4 is 5.91 Å². The van der Waals surface area contributed by atoms with E-state index in [1.54, 1.807) is 17.0 Å². The summed E-state index contributed by atoms with van der Waals surface area (Å²) in [6, 6.07) is 17.1. The average Bonchev–Trinajstić information content (AvgIpc) is 2.69. The van der Waals surface area contributed by atoms with Gasteiger partial charge in [0.05, 0.1) is 26.4 Å². The van der Waals surface area contributed by atoms with Gasteiger partial charge in [-0.1, -0.05) is 36.4 Å². The van der Waals surface area contributed by atoms with E-state index in [2.05, 4.69) is 0 Å². The fraction of sp³-hybridized carbons (Fsp3) is 0.381. The SMILES string of the molecule is CCOc1cccc(C(=O)N2CCOC(CO)(Cc3ccccc3)C2)c1. The molecule has 5 nitrogen and oxygen atoms in total. The first-order valence-corrected chi connectivity index (χ1v) is 8.97. The Balaban J connectivity index is 1.76. The lowest BCUT2D eigenvalue weighted by Crippen LogP contribution is -2.56. The number of morpholine rings is 1. The third-order valence-corrected chi connectivity index (χ3v) is 4.58. The smallest absolute Gasteiger partial charge is 0.254 e. The van der Waals surface area contributed by atoms with E-state index in [0.29, 0.717) is 44.0 Å². The molecule has 1 aliphatic rings. The lowest BCUT2D eigenvalue weighted by molar-refractivity contribution is -0.123. The van der Waals surface area contributed by atoms with Crippen molar-refractivity contribution < 1.29 is 19.4 Å². The first kappa shape index (κ1) is 18.4. The van der Waals surface area contributed by atoms with Crippen LogP contribution in [0.2, 0.25) is 0 Å². The Kier molecular flexibility index (Phi) is 5.91. The molecule has 1 aliphatic heterocycles. The highest BCUT2D eigenvalue weighted by molar-refractivity contribution is 5.94. The van der Waals surface area contributed by atoms with Gasteiger partial charge in [0.25, 0.3) is 5.91 Å². The van der Waals surface area contributed by atoms with Crippen LogP contribution >= 0.6 is 0 Å². The number of rotatable bonds is 6. The van der Waals surface area contributed by atoms with Crippen molar-refractivity contribution in [3.63, 3.8) is 0 Å². The monoisotopic (exact) mass is 355 g/mol. The van der Waals surface area contributed by atoms with Crippen LogP contribution in [0.15, 0.2) is 54.6 Å². The Morgan fingerprint density at radius 3 is 2.77 bits per heavy atom. The van der Waals surface area contributed by atoms with Crippen molar-refractivity contribution in [2.45, 2.75) is 18.9 Å². The summed E-state index contributed by atoms with van der Waals surface area (Å²) in [6.07, 6.45) is 0.563. The number of hydrogen-bond donors (Lipinski definition) is 1. The van der Waals surface area contributed by atoms with Gasteiger partial charge in [0, 0.05) is 18.5 Å². The molecule has 1 unspecified atom stereocenters. The summed E-state index contributed by atoms with van der Waals surface area (Å²) in [5.74, 6) is 0.616. The van der Waals surface area contributed by atoms with Crippen LogP contribution in [0.1, 0.15) is 22.8 Å². The van der Waals surface area contributed by atoms with Crippen molar-refractivity contribution in [2.75, 3.05) is 32.9 Å². The highest BCUT2D eigenvalue weighted by atomic mass is 16.5. The molecule has 0 radical (unpaired) electrons. The first-order chi connectivity index (χ1) is 12.7. The van der Waals surface area contributed by atoms with Gasteiger partial charge in [0.2, 0.25) is 0 Å². The Morgan fingerprint density at radius 1 is 1.23 bits per heavy atom. The Labute approximate surface area is 154 Å². The van der Waals surface area contributed by atoms with Gasteiger partial charge in [-0.15, -0.1) is 0 Å². The van der Waals surface area contributed by atoms with Gasteiger partial charge in [0.1, 0.15) is 11.4 Å². The highest BCUT2D eigenvalue weighted by Gasteiger charge is 2.38. The van der Waals surface area contributed by atoms with E-state index in [1.165, 1.54) is 0 Å². The number of hydrogen-bond acceptors (Lipinski definition) is 4. The molecule has 26 heavy (non-hydrogen) atoms. The summed E-state index contributed by atoms with van der Waals surface area (Å²) in [5, 5.41) is 10.0. The second-order valence-corrected chi connectivity index (χ2v) is 6.54. The molecular weight excluding hydrogens is 330 g/mol. The standard InChI is InChI=1S/C21H25NO4/c1-2-25-19-10-6-9-18(13-19)20(24)22-11-12-26-21(15-22,16-23)14-17-7-4-3-5-8-17/h3-10,13,23H,2,11-12,14-16H2,1H3. The van der Waals surface area contributed by atoms with Crippen LogP contribution < -0.4 is 4.74 Å². The Morgan fingerprint density at radius 2 is 2.04 bits per heavy atom. The van der Waals surface area contributed by atoms with Crippen LogP contribution in [-0.2, 0) is 11.2 Å². The molecule has 138 valence electrons. The lowest BCUT2D eigenvalue weighted by Gasteiger charge is -2.42. The van der Waals surface area contributed by atoms with E-state index < -0.39 is 5.60 Å². The third kappa shape index (κ3) is 4.23. The molecule has 1 heterocycles. The zero-order valence-corrected chi connectivity index (χ0v) is 15.1. The molecule has 1 fully saturated rings. The van der Waals surface area contributed by atoms with E-state index in [-0.39, 0.29) is 12.5 Å². The molecule has 2 aromatic rings. The van der Waals surface area contributed by atoms with Gasteiger partial charge in [0.15, 0.2) is 0 Å². The summed E-state index contributed by atoms with van der Waals surface area (Å²) in [5.41, 5.74) is 0.894. The number of nitrogens with zero attached hydrogens (tertiary/aromatic N) is 1. The Bertz CT molecular complexity index is 734. The van der Waals surface area contributed by atoms with Crippen LogP contribution in [0.4, 0.5) is 0 Å². The van der Waals surface area contributed by atoms with Crippen molar-refractivity contribution in [2.24, 2.45) is 0 Å². The summed E-state index contributed by atoms with van der Waals surface area (Å²) in [6.45, 7) is 3.61. The summed E-state index contributed by atoms with van der Waals surface area (Å²) < 4.78 is 11.4. The molecule has 1 N–H and O–H groups in total. The number of aliphatic hydroxyl groups is 1. The molecule has 0 bridgehead atoms. The normalized spacial score (nSPS) is 20.0. The third-order valence-electron chi connectivity index (χ3n) is 4.58. The minimum Gasteiger partial charge on any atom is -0.494 e. The van der Waals surface area contributed by atoms with Gasteiger partial charge < -0.3 is 19.5 Å². The molecule has 0 aliphatic carbocycles. The largest absolute Gasteiger partial charge is 0.494 e. The van der Waals surface area contributed by atoms with Crippen LogP contribution in [0.5, 0.6) is 5.75 Å². The molecule has 2 aromatic carbocycles. The predicted molar refractivity (Wildman–Crippen MR) is 99.4 cm³/mol. The van der Waals surface area contributed by atoms with Crippen molar-refractivity contribution in [1.29, 1.82) is 0 Å². The summed E-state index contributed by atoms with van der Waals surface area (Å²) in [4.78, 5) is 14.7. The number of benzene rings is 2. The molecule has 0 spiro atoms. The quantitative estimate of drug-likeness (QED) is 0.865. The predicted octanol–water partition coefficient (Wildman–Crippen LogP) is 2.53. The number of carbonyl (C=O) groups is 1.